The average Bonchev–Trinajstić information content (AvgIpc) is 1.94. The standard InChI is InChI=1S/C11H17N/c1-9-8-11(2,3)6-4-10(9)5-7-12/h5,9H,4,6,8H2,1-3H3. The number of hydrogen-bond acceptors (Lipinski definition) is 1. The maximum Gasteiger partial charge on any atom is 0.0911 e. The smallest absolute Gasteiger partial charge is 0.0911 e. The molecule has 1 atom stereocenters. The van der Waals surface area contributed by atoms with Crippen LogP contribution in [0.4, 0.5) is 0 Å². The summed E-state index contributed by atoms with van der Waals surface area (Å²) < 4.78 is 0. The van der Waals surface area contributed by atoms with E-state index in [1.165, 1.54) is 18.4 Å². The molecule has 0 radical (unpaired) electrons. The Labute approximate surface area is 75.1 Å². The van der Waals surface area contributed by atoms with E-state index in [2.05, 4.69) is 26.8 Å². The molecular weight excluding hydrogens is 146 g/mol. The summed E-state index contributed by atoms with van der Waals surface area (Å²) in [4.78, 5) is 0. The van der Waals surface area contributed by atoms with E-state index in [1.807, 2.05) is 0 Å². The minimum Gasteiger partial charge on any atom is -0.193 e. The Morgan fingerprint density at radius 3 is 2.75 bits per heavy atom. The molecule has 1 aliphatic carbocycles. The van der Waals surface area contributed by atoms with Gasteiger partial charge in [-0.25, -0.2) is 0 Å². The van der Waals surface area contributed by atoms with Gasteiger partial charge in [0, 0.05) is 6.08 Å². The van der Waals surface area contributed by atoms with Gasteiger partial charge < -0.3 is 0 Å². The molecule has 0 bridgehead atoms. The molecule has 66 valence electrons. The average molecular weight is 163 g/mol. The fourth-order valence-corrected chi connectivity index (χ4v) is 2.09. The molecule has 0 amide bonds. The first-order valence-corrected chi connectivity index (χ1v) is 4.64. The van der Waals surface area contributed by atoms with Gasteiger partial charge in [0.15, 0.2) is 0 Å². The minimum atomic E-state index is 0.478. The number of nitriles is 1. The first-order chi connectivity index (χ1) is 5.55. The van der Waals surface area contributed by atoms with Gasteiger partial charge in [-0.1, -0.05) is 26.3 Å². The summed E-state index contributed by atoms with van der Waals surface area (Å²) in [6.07, 6.45) is 5.30. The van der Waals surface area contributed by atoms with Crippen LogP contribution in [0.5, 0.6) is 0 Å². The van der Waals surface area contributed by atoms with Gasteiger partial charge in [-0.2, -0.15) is 5.26 Å². The third-order valence-corrected chi connectivity index (χ3v) is 2.83. The van der Waals surface area contributed by atoms with Crippen LogP contribution in [0.2, 0.25) is 0 Å². The number of nitrogens with zero attached hydrogens (tertiary/aromatic N) is 1. The van der Waals surface area contributed by atoms with E-state index in [9.17, 15) is 0 Å². The summed E-state index contributed by atoms with van der Waals surface area (Å²) in [6.45, 7) is 6.85. The van der Waals surface area contributed by atoms with Gasteiger partial charge in [-0.3, -0.25) is 0 Å². The summed E-state index contributed by atoms with van der Waals surface area (Å²) in [7, 11) is 0. The van der Waals surface area contributed by atoms with E-state index >= 15 is 0 Å². The molecule has 1 heteroatoms. The Morgan fingerprint density at radius 2 is 2.25 bits per heavy atom. The van der Waals surface area contributed by atoms with Gasteiger partial charge in [-0.05, 0) is 30.6 Å². The highest BCUT2D eigenvalue weighted by molar-refractivity contribution is 5.18. The van der Waals surface area contributed by atoms with Gasteiger partial charge in [0.05, 0.1) is 6.07 Å². The molecule has 0 aromatic heterocycles. The minimum absolute atomic E-state index is 0.478. The lowest BCUT2D eigenvalue weighted by Crippen LogP contribution is -2.22. The third-order valence-electron chi connectivity index (χ3n) is 2.83. The van der Waals surface area contributed by atoms with Crippen LogP contribution in [-0.2, 0) is 0 Å². The van der Waals surface area contributed by atoms with Crippen LogP contribution in [0.1, 0.15) is 40.0 Å². The summed E-state index contributed by atoms with van der Waals surface area (Å²) in [5.41, 5.74) is 1.82. The Kier molecular flexibility index (Phi) is 2.57. The molecule has 1 unspecified atom stereocenters. The number of rotatable bonds is 0. The molecule has 0 aromatic rings. The predicted molar refractivity (Wildman–Crippen MR) is 50.5 cm³/mol. The maximum atomic E-state index is 8.54. The van der Waals surface area contributed by atoms with E-state index < -0.39 is 0 Å². The molecule has 0 saturated heterocycles. The van der Waals surface area contributed by atoms with Gasteiger partial charge in [0.1, 0.15) is 0 Å². The highest BCUT2D eigenvalue weighted by Gasteiger charge is 2.28. The Bertz CT molecular complexity index is 230. The normalized spacial score (nSPS) is 31.5. The first kappa shape index (κ1) is 9.32. The molecule has 12 heavy (non-hydrogen) atoms. The van der Waals surface area contributed by atoms with Crippen molar-refractivity contribution in [2.45, 2.75) is 40.0 Å². The van der Waals surface area contributed by atoms with Crippen molar-refractivity contribution in [2.75, 3.05) is 0 Å². The monoisotopic (exact) mass is 163 g/mol. The summed E-state index contributed by atoms with van der Waals surface area (Å²) >= 11 is 0. The van der Waals surface area contributed by atoms with Gasteiger partial charge in [0.2, 0.25) is 0 Å². The number of allylic oxidation sites excluding steroid dienone is 2. The van der Waals surface area contributed by atoms with Crippen molar-refractivity contribution < 1.29 is 0 Å². The van der Waals surface area contributed by atoms with E-state index in [1.54, 1.807) is 6.08 Å². The first-order valence-electron chi connectivity index (χ1n) is 4.64. The van der Waals surface area contributed by atoms with Crippen LogP contribution >= 0.6 is 0 Å². The molecule has 0 aliphatic heterocycles. The highest BCUT2D eigenvalue weighted by atomic mass is 14.3. The quantitative estimate of drug-likeness (QED) is 0.503. The van der Waals surface area contributed by atoms with Crippen molar-refractivity contribution in [1.82, 2.24) is 0 Å². The lowest BCUT2D eigenvalue weighted by molar-refractivity contribution is 0.235. The van der Waals surface area contributed by atoms with Gasteiger partial charge in [-0.15, -0.1) is 0 Å². The van der Waals surface area contributed by atoms with Crippen LogP contribution in [0.3, 0.4) is 0 Å². The van der Waals surface area contributed by atoms with E-state index in [4.69, 9.17) is 5.26 Å². The van der Waals surface area contributed by atoms with Crippen molar-refractivity contribution in [3.8, 4) is 6.07 Å². The van der Waals surface area contributed by atoms with Crippen molar-refractivity contribution >= 4 is 0 Å². The highest BCUT2D eigenvalue weighted by Crippen LogP contribution is 2.40. The van der Waals surface area contributed by atoms with Crippen LogP contribution < -0.4 is 0 Å². The maximum absolute atomic E-state index is 8.54. The molecular formula is C11H17N. The van der Waals surface area contributed by atoms with Crippen molar-refractivity contribution in [3.05, 3.63) is 11.6 Å². The fraction of sp³-hybridized carbons (Fsp3) is 0.727. The van der Waals surface area contributed by atoms with Crippen LogP contribution in [0, 0.1) is 22.7 Å². The summed E-state index contributed by atoms with van der Waals surface area (Å²) in [5, 5.41) is 8.54. The van der Waals surface area contributed by atoms with Gasteiger partial charge in [0.25, 0.3) is 0 Å². The second-order valence-corrected chi connectivity index (χ2v) is 4.62. The van der Waals surface area contributed by atoms with Crippen molar-refractivity contribution in [2.24, 2.45) is 11.3 Å². The molecule has 1 fully saturated rings. The Balaban J connectivity index is 2.68. The van der Waals surface area contributed by atoms with E-state index in [0.717, 1.165) is 6.42 Å². The zero-order valence-corrected chi connectivity index (χ0v) is 8.22. The SMILES string of the molecule is CC1CC(C)(C)CCC1=CC#N. The van der Waals surface area contributed by atoms with E-state index in [0.29, 0.717) is 11.3 Å². The van der Waals surface area contributed by atoms with Crippen LogP contribution in [0.15, 0.2) is 11.6 Å². The lowest BCUT2D eigenvalue weighted by atomic mass is 9.70. The van der Waals surface area contributed by atoms with Crippen LogP contribution in [-0.4, -0.2) is 0 Å². The summed E-state index contributed by atoms with van der Waals surface area (Å²) in [6, 6.07) is 2.13. The molecule has 0 spiro atoms. The Hall–Kier alpha value is -0.770. The Morgan fingerprint density at radius 1 is 1.58 bits per heavy atom. The zero-order valence-electron chi connectivity index (χ0n) is 8.22. The van der Waals surface area contributed by atoms with Crippen molar-refractivity contribution in [1.29, 1.82) is 5.26 Å². The fourth-order valence-electron chi connectivity index (χ4n) is 2.09. The molecule has 1 nitrogen and oxygen atoms in total. The van der Waals surface area contributed by atoms with Crippen LogP contribution in [0.25, 0.3) is 0 Å². The van der Waals surface area contributed by atoms with Gasteiger partial charge >= 0.3 is 0 Å². The molecule has 0 aromatic carbocycles. The largest absolute Gasteiger partial charge is 0.193 e. The molecule has 0 heterocycles. The molecule has 0 N–H and O–H groups in total. The predicted octanol–water partition coefficient (Wildman–Crippen LogP) is 3.28. The lowest BCUT2D eigenvalue weighted by Gasteiger charge is -2.35. The summed E-state index contributed by atoms with van der Waals surface area (Å²) in [5.74, 6) is 0.605. The molecule has 1 rings (SSSR count). The number of hydrogen-bond donors (Lipinski definition) is 0. The second kappa shape index (κ2) is 3.31. The second-order valence-electron chi connectivity index (χ2n) is 4.62. The van der Waals surface area contributed by atoms with E-state index in [-0.39, 0.29) is 0 Å². The molecule has 1 aliphatic rings. The topological polar surface area (TPSA) is 23.8 Å². The van der Waals surface area contributed by atoms with Crippen molar-refractivity contribution in [3.63, 3.8) is 0 Å². The third kappa shape index (κ3) is 2.11. The molecule has 1 saturated carbocycles. The zero-order chi connectivity index (χ0) is 9.19.